The van der Waals surface area contributed by atoms with Crippen LogP contribution in [0.4, 0.5) is 0 Å². The molecule has 542 valence electrons. The maximum atomic E-state index is 6.47. The van der Waals surface area contributed by atoms with Gasteiger partial charge in [0.05, 0.1) is 13.2 Å². The molecule has 90 heavy (non-hydrogen) atoms. The Morgan fingerprint density at radius 1 is 0.133 bits per heavy atom. The molecule has 3 nitrogen and oxygen atoms in total. The third-order valence-corrected chi connectivity index (χ3v) is 20.7. The zero-order chi connectivity index (χ0) is 64.4. The van der Waals surface area contributed by atoms with Crippen LogP contribution in [0.1, 0.15) is 522 Å². The van der Waals surface area contributed by atoms with Crippen molar-refractivity contribution in [1.82, 2.24) is 0 Å². The van der Waals surface area contributed by atoms with E-state index in [9.17, 15) is 0 Å². The molecule has 0 saturated heterocycles. The van der Waals surface area contributed by atoms with Gasteiger partial charge in [0.25, 0.3) is 0 Å². The van der Waals surface area contributed by atoms with E-state index in [1.807, 2.05) is 0 Å². The SMILES string of the molecule is CCCCCCCCCCCCCCCCCCCCCCCCCCCCOCC(COCCCCCCCCCCCCCCCCCCCCCCCCCCCC)OCCCCCCCCCCCCCCCCCCCCCCCCCCCC. The van der Waals surface area contributed by atoms with E-state index < -0.39 is 0 Å². The van der Waals surface area contributed by atoms with Crippen LogP contribution in [-0.2, 0) is 14.2 Å². The van der Waals surface area contributed by atoms with E-state index in [2.05, 4.69) is 20.8 Å². The summed E-state index contributed by atoms with van der Waals surface area (Å²) in [7, 11) is 0. The fourth-order valence-electron chi connectivity index (χ4n) is 14.3. The van der Waals surface area contributed by atoms with Gasteiger partial charge in [-0.25, -0.2) is 0 Å². The van der Waals surface area contributed by atoms with Crippen molar-refractivity contribution in [3.05, 3.63) is 0 Å². The van der Waals surface area contributed by atoms with E-state index in [-0.39, 0.29) is 6.10 Å². The first kappa shape index (κ1) is 89.9. The van der Waals surface area contributed by atoms with E-state index in [0.29, 0.717) is 13.2 Å². The smallest absolute Gasteiger partial charge is 0.104 e. The van der Waals surface area contributed by atoms with Gasteiger partial charge >= 0.3 is 0 Å². The van der Waals surface area contributed by atoms with Crippen molar-refractivity contribution >= 4 is 0 Å². The Hall–Kier alpha value is -0.120. The summed E-state index contributed by atoms with van der Waals surface area (Å²) in [4.78, 5) is 0. The van der Waals surface area contributed by atoms with Crippen LogP contribution in [0.2, 0.25) is 0 Å². The molecule has 0 rings (SSSR count). The Morgan fingerprint density at radius 3 is 0.378 bits per heavy atom. The Labute approximate surface area is 571 Å². The first-order valence-electron chi connectivity index (χ1n) is 43.6. The Kier molecular flexibility index (Phi) is 86.8. The number of rotatable bonds is 86. The lowest BCUT2D eigenvalue weighted by atomic mass is 10.0. The lowest BCUT2D eigenvalue weighted by Crippen LogP contribution is -2.26. The van der Waals surface area contributed by atoms with Crippen molar-refractivity contribution in [3.8, 4) is 0 Å². The molecule has 0 aromatic carbocycles. The lowest BCUT2D eigenvalue weighted by molar-refractivity contribution is -0.0616. The molecule has 0 aromatic heterocycles. The monoisotopic (exact) mass is 1270 g/mol. The van der Waals surface area contributed by atoms with Crippen molar-refractivity contribution in [2.75, 3.05) is 33.0 Å². The van der Waals surface area contributed by atoms with Gasteiger partial charge in [0, 0.05) is 19.8 Å². The molecule has 0 heterocycles. The summed E-state index contributed by atoms with van der Waals surface area (Å²) in [5.74, 6) is 0. The molecule has 0 N–H and O–H groups in total. The van der Waals surface area contributed by atoms with Crippen molar-refractivity contribution in [3.63, 3.8) is 0 Å². The van der Waals surface area contributed by atoms with Crippen molar-refractivity contribution in [2.45, 2.75) is 528 Å². The van der Waals surface area contributed by atoms with Crippen LogP contribution in [0.5, 0.6) is 0 Å². The van der Waals surface area contributed by atoms with Gasteiger partial charge < -0.3 is 14.2 Å². The van der Waals surface area contributed by atoms with Gasteiger partial charge in [-0.2, -0.15) is 0 Å². The molecule has 0 aromatic rings. The highest BCUT2D eigenvalue weighted by atomic mass is 16.6. The normalized spacial score (nSPS) is 11.9. The van der Waals surface area contributed by atoms with Crippen molar-refractivity contribution in [1.29, 1.82) is 0 Å². The second kappa shape index (κ2) is 86.9. The molecule has 0 amide bonds. The first-order valence-corrected chi connectivity index (χ1v) is 43.6. The van der Waals surface area contributed by atoms with E-state index in [0.717, 1.165) is 19.8 Å². The van der Waals surface area contributed by atoms with Crippen LogP contribution in [0.3, 0.4) is 0 Å². The second-order valence-corrected chi connectivity index (χ2v) is 30.2. The zero-order valence-electron chi connectivity index (χ0n) is 63.5. The molecule has 0 aliphatic heterocycles. The molecule has 0 radical (unpaired) electrons. The third kappa shape index (κ3) is 84.0. The summed E-state index contributed by atoms with van der Waals surface area (Å²) >= 11 is 0. The fraction of sp³-hybridized carbons (Fsp3) is 1.00. The van der Waals surface area contributed by atoms with E-state index in [1.165, 1.54) is 501 Å². The number of ether oxygens (including phenoxy) is 3. The topological polar surface area (TPSA) is 27.7 Å². The quantitative estimate of drug-likeness (QED) is 0.0568. The summed E-state index contributed by atoms with van der Waals surface area (Å²) in [6.45, 7) is 10.9. The molecule has 0 saturated carbocycles. The van der Waals surface area contributed by atoms with Crippen LogP contribution in [0.15, 0.2) is 0 Å². The van der Waals surface area contributed by atoms with E-state index in [4.69, 9.17) is 14.2 Å². The van der Waals surface area contributed by atoms with Gasteiger partial charge in [0.15, 0.2) is 0 Å². The molecular formula is C87H176O3. The Morgan fingerprint density at radius 2 is 0.244 bits per heavy atom. The molecule has 0 aliphatic rings. The Balaban J connectivity index is 4.00. The predicted octanol–water partition coefficient (Wildman–Crippen LogP) is 31.9. The van der Waals surface area contributed by atoms with Gasteiger partial charge in [-0.1, -0.05) is 502 Å². The molecular weight excluding hydrogens is 1090 g/mol. The van der Waals surface area contributed by atoms with Crippen LogP contribution in [-0.4, -0.2) is 39.1 Å². The summed E-state index contributed by atoms with van der Waals surface area (Å²) in [5, 5.41) is 0. The van der Waals surface area contributed by atoms with Crippen molar-refractivity contribution in [2.24, 2.45) is 0 Å². The maximum Gasteiger partial charge on any atom is 0.104 e. The number of hydrogen-bond acceptors (Lipinski definition) is 3. The van der Waals surface area contributed by atoms with Gasteiger partial charge in [-0.15, -0.1) is 0 Å². The van der Waals surface area contributed by atoms with E-state index in [1.54, 1.807) is 0 Å². The highest BCUT2D eigenvalue weighted by Gasteiger charge is 2.11. The average Bonchev–Trinajstić information content (AvgIpc) is 3.60. The van der Waals surface area contributed by atoms with Crippen LogP contribution in [0, 0.1) is 0 Å². The summed E-state index contributed by atoms with van der Waals surface area (Å²) in [5.41, 5.74) is 0. The predicted molar refractivity (Wildman–Crippen MR) is 409 cm³/mol. The summed E-state index contributed by atoms with van der Waals surface area (Å²) in [6.07, 6.45) is 112. The maximum absolute atomic E-state index is 6.47. The van der Waals surface area contributed by atoms with E-state index >= 15 is 0 Å². The zero-order valence-corrected chi connectivity index (χ0v) is 63.5. The van der Waals surface area contributed by atoms with Crippen LogP contribution in [0.25, 0.3) is 0 Å². The lowest BCUT2D eigenvalue weighted by Gasteiger charge is -2.18. The van der Waals surface area contributed by atoms with Gasteiger partial charge in [-0.05, 0) is 19.3 Å². The molecule has 0 atom stereocenters. The fourth-order valence-corrected chi connectivity index (χ4v) is 14.3. The third-order valence-electron chi connectivity index (χ3n) is 20.7. The molecule has 0 bridgehead atoms. The minimum Gasteiger partial charge on any atom is -0.379 e. The molecule has 0 fully saturated rings. The minimum absolute atomic E-state index is 0.0809. The largest absolute Gasteiger partial charge is 0.379 e. The average molecular weight is 1270 g/mol. The second-order valence-electron chi connectivity index (χ2n) is 30.2. The summed E-state index contributed by atoms with van der Waals surface area (Å²) < 4.78 is 19.0. The van der Waals surface area contributed by atoms with Gasteiger partial charge in [0.1, 0.15) is 6.10 Å². The highest BCUT2D eigenvalue weighted by molar-refractivity contribution is 4.60. The molecule has 0 aliphatic carbocycles. The highest BCUT2D eigenvalue weighted by Crippen LogP contribution is 2.21. The van der Waals surface area contributed by atoms with Gasteiger partial charge in [-0.3, -0.25) is 0 Å². The van der Waals surface area contributed by atoms with Crippen molar-refractivity contribution < 1.29 is 14.2 Å². The molecule has 3 heteroatoms. The minimum atomic E-state index is 0.0809. The molecule has 0 unspecified atom stereocenters. The summed E-state index contributed by atoms with van der Waals surface area (Å²) in [6, 6.07) is 0. The number of unbranched alkanes of at least 4 members (excludes halogenated alkanes) is 75. The van der Waals surface area contributed by atoms with Crippen LogP contribution >= 0.6 is 0 Å². The molecule has 0 spiro atoms. The standard InChI is InChI=1S/C87H176O3/c1-4-7-10-13-16-19-22-25-28-31-34-37-40-43-46-49-52-55-58-61-64-67-70-73-76-79-82-88-85-87(90-84-81-78-75-72-69-66-63-60-57-54-51-48-45-42-39-36-33-30-27-24-21-18-15-12-9-6-3)86-89-83-80-77-74-71-68-65-62-59-56-53-50-47-44-41-38-35-32-29-26-23-20-17-14-11-8-5-2/h87H,4-86H2,1-3H3. The Bertz CT molecular complexity index is 1110. The number of hydrogen-bond donors (Lipinski definition) is 0. The first-order chi connectivity index (χ1) is 44.8. The van der Waals surface area contributed by atoms with Crippen LogP contribution < -0.4 is 0 Å². The van der Waals surface area contributed by atoms with Gasteiger partial charge in [0.2, 0.25) is 0 Å².